The Morgan fingerprint density at radius 2 is 2.00 bits per heavy atom. The SMILES string of the molecule is O=C(O)COc1cc(Cl)c2c(c1)CN(c1ccccc1)C2=O. The van der Waals surface area contributed by atoms with E-state index in [0.29, 0.717) is 17.9 Å². The van der Waals surface area contributed by atoms with Crippen molar-refractivity contribution in [1.82, 2.24) is 0 Å². The Labute approximate surface area is 131 Å². The van der Waals surface area contributed by atoms with E-state index in [0.717, 1.165) is 11.3 Å². The maximum Gasteiger partial charge on any atom is 0.341 e. The second kappa shape index (κ2) is 5.69. The first-order chi connectivity index (χ1) is 10.6. The van der Waals surface area contributed by atoms with E-state index in [4.69, 9.17) is 21.4 Å². The number of amides is 1. The standard InChI is InChI=1S/C16H12ClNO4/c17-13-7-12(22-9-14(19)20)6-10-8-18(16(21)15(10)13)11-4-2-1-3-5-11/h1-7H,8-9H2,(H,19,20). The number of benzene rings is 2. The molecule has 0 aromatic heterocycles. The number of aliphatic carboxylic acids is 1. The molecule has 1 aliphatic heterocycles. The molecule has 0 fully saturated rings. The molecule has 112 valence electrons. The topological polar surface area (TPSA) is 66.8 Å². The van der Waals surface area contributed by atoms with E-state index in [1.165, 1.54) is 6.07 Å². The number of fused-ring (bicyclic) bond motifs is 1. The van der Waals surface area contributed by atoms with Crippen molar-refractivity contribution in [1.29, 1.82) is 0 Å². The molecule has 6 heteroatoms. The minimum Gasteiger partial charge on any atom is -0.482 e. The van der Waals surface area contributed by atoms with E-state index >= 15 is 0 Å². The molecule has 1 N–H and O–H groups in total. The van der Waals surface area contributed by atoms with Gasteiger partial charge in [-0.25, -0.2) is 4.79 Å². The molecule has 0 radical (unpaired) electrons. The number of para-hydroxylation sites is 1. The number of hydrogen-bond donors (Lipinski definition) is 1. The smallest absolute Gasteiger partial charge is 0.341 e. The number of halogens is 1. The van der Waals surface area contributed by atoms with Crippen molar-refractivity contribution in [2.75, 3.05) is 11.5 Å². The van der Waals surface area contributed by atoms with Gasteiger partial charge in [-0.15, -0.1) is 0 Å². The van der Waals surface area contributed by atoms with Crippen LogP contribution in [0.4, 0.5) is 5.69 Å². The number of carbonyl (C=O) groups is 2. The van der Waals surface area contributed by atoms with Crippen molar-refractivity contribution in [3.63, 3.8) is 0 Å². The Kier molecular flexibility index (Phi) is 3.73. The minimum atomic E-state index is -1.07. The molecule has 0 saturated heterocycles. The number of carboxylic acid groups (broad SMARTS) is 1. The summed E-state index contributed by atoms with van der Waals surface area (Å²) in [5.74, 6) is -0.900. The summed E-state index contributed by atoms with van der Waals surface area (Å²) in [7, 11) is 0. The average Bonchev–Trinajstić information content (AvgIpc) is 2.83. The molecule has 2 aromatic carbocycles. The first kappa shape index (κ1) is 14.4. The van der Waals surface area contributed by atoms with E-state index in [2.05, 4.69) is 0 Å². The van der Waals surface area contributed by atoms with Gasteiger partial charge >= 0.3 is 5.97 Å². The average molecular weight is 318 g/mol. The van der Waals surface area contributed by atoms with Crippen molar-refractivity contribution in [3.05, 3.63) is 58.6 Å². The predicted molar refractivity (Wildman–Crippen MR) is 81.5 cm³/mol. The van der Waals surface area contributed by atoms with Crippen LogP contribution in [0, 0.1) is 0 Å². The highest BCUT2D eigenvalue weighted by Crippen LogP contribution is 2.35. The van der Waals surface area contributed by atoms with Crippen molar-refractivity contribution in [2.45, 2.75) is 6.54 Å². The normalized spacial score (nSPS) is 13.1. The fraction of sp³-hybridized carbons (Fsp3) is 0.125. The number of hydrogen-bond acceptors (Lipinski definition) is 3. The molecular weight excluding hydrogens is 306 g/mol. The number of rotatable bonds is 4. The van der Waals surface area contributed by atoms with E-state index in [1.54, 1.807) is 11.0 Å². The maximum atomic E-state index is 12.5. The number of anilines is 1. The fourth-order valence-electron chi connectivity index (χ4n) is 2.42. The van der Waals surface area contributed by atoms with Crippen LogP contribution in [-0.2, 0) is 11.3 Å². The number of carboxylic acids is 1. The zero-order chi connectivity index (χ0) is 15.7. The molecule has 0 spiro atoms. The highest BCUT2D eigenvalue weighted by Gasteiger charge is 2.31. The van der Waals surface area contributed by atoms with Gasteiger partial charge in [0.1, 0.15) is 5.75 Å². The van der Waals surface area contributed by atoms with Crippen molar-refractivity contribution in [3.8, 4) is 5.75 Å². The Hall–Kier alpha value is -2.53. The minimum absolute atomic E-state index is 0.170. The molecule has 5 nitrogen and oxygen atoms in total. The van der Waals surface area contributed by atoms with Gasteiger partial charge in [0, 0.05) is 5.69 Å². The van der Waals surface area contributed by atoms with Gasteiger partial charge in [0.05, 0.1) is 17.1 Å². The summed E-state index contributed by atoms with van der Waals surface area (Å²) in [6.45, 7) is -0.0758. The highest BCUT2D eigenvalue weighted by atomic mass is 35.5. The quantitative estimate of drug-likeness (QED) is 0.941. The van der Waals surface area contributed by atoms with E-state index < -0.39 is 12.6 Å². The second-order valence-corrected chi connectivity index (χ2v) is 5.26. The summed E-state index contributed by atoms with van der Waals surface area (Å²) in [6, 6.07) is 12.4. The third-order valence-electron chi connectivity index (χ3n) is 3.36. The van der Waals surface area contributed by atoms with Crippen LogP contribution < -0.4 is 9.64 Å². The van der Waals surface area contributed by atoms with Crippen LogP contribution in [0.5, 0.6) is 5.75 Å². The van der Waals surface area contributed by atoms with Crippen LogP contribution in [0.1, 0.15) is 15.9 Å². The monoisotopic (exact) mass is 317 g/mol. The van der Waals surface area contributed by atoms with Crippen LogP contribution >= 0.6 is 11.6 Å². The molecule has 0 atom stereocenters. The molecular formula is C16H12ClNO4. The molecule has 2 aromatic rings. The lowest BCUT2D eigenvalue weighted by atomic mass is 10.1. The van der Waals surface area contributed by atoms with Crippen LogP contribution in [0.25, 0.3) is 0 Å². The van der Waals surface area contributed by atoms with Crippen LogP contribution in [0.15, 0.2) is 42.5 Å². The number of ether oxygens (including phenoxy) is 1. The molecule has 0 aliphatic carbocycles. The lowest BCUT2D eigenvalue weighted by Gasteiger charge is -2.15. The molecule has 1 aliphatic rings. The summed E-state index contributed by atoms with van der Waals surface area (Å²) >= 11 is 6.16. The summed E-state index contributed by atoms with van der Waals surface area (Å²) in [5.41, 5.74) is 1.95. The molecule has 0 bridgehead atoms. The van der Waals surface area contributed by atoms with Gasteiger partial charge in [-0.05, 0) is 29.8 Å². The summed E-state index contributed by atoms with van der Waals surface area (Å²) < 4.78 is 5.14. The summed E-state index contributed by atoms with van der Waals surface area (Å²) in [4.78, 5) is 24.7. The van der Waals surface area contributed by atoms with Gasteiger partial charge in [-0.1, -0.05) is 29.8 Å². The van der Waals surface area contributed by atoms with Gasteiger partial charge < -0.3 is 14.7 Å². The largest absolute Gasteiger partial charge is 0.482 e. The van der Waals surface area contributed by atoms with E-state index in [-0.39, 0.29) is 10.9 Å². The van der Waals surface area contributed by atoms with Crippen LogP contribution in [-0.4, -0.2) is 23.6 Å². The van der Waals surface area contributed by atoms with Gasteiger partial charge in [0.2, 0.25) is 0 Å². The van der Waals surface area contributed by atoms with Gasteiger partial charge in [-0.3, -0.25) is 4.79 Å². The van der Waals surface area contributed by atoms with Crippen molar-refractivity contribution in [2.24, 2.45) is 0 Å². The Morgan fingerprint density at radius 3 is 2.68 bits per heavy atom. The molecule has 1 heterocycles. The molecule has 1 amide bonds. The zero-order valence-electron chi connectivity index (χ0n) is 11.5. The summed E-state index contributed by atoms with van der Waals surface area (Å²) in [6.07, 6.45) is 0. The van der Waals surface area contributed by atoms with Crippen molar-refractivity contribution < 1.29 is 19.4 Å². The molecule has 0 unspecified atom stereocenters. The number of carbonyl (C=O) groups excluding carboxylic acids is 1. The third kappa shape index (κ3) is 2.63. The lowest BCUT2D eigenvalue weighted by molar-refractivity contribution is -0.139. The van der Waals surface area contributed by atoms with E-state index in [1.807, 2.05) is 30.3 Å². The van der Waals surface area contributed by atoms with Gasteiger partial charge in [-0.2, -0.15) is 0 Å². The lowest BCUT2D eigenvalue weighted by Crippen LogP contribution is -2.22. The molecule has 22 heavy (non-hydrogen) atoms. The Balaban J connectivity index is 1.92. The van der Waals surface area contributed by atoms with Crippen molar-refractivity contribution >= 4 is 29.2 Å². The summed E-state index contributed by atoms with van der Waals surface area (Å²) in [5, 5.41) is 8.92. The Bertz CT molecular complexity index is 745. The third-order valence-corrected chi connectivity index (χ3v) is 3.66. The highest BCUT2D eigenvalue weighted by molar-refractivity contribution is 6.35. The van der Waals surface area contributed by atoms with Gasteiger partial charge in [0.15, 0.2) is 6.61 Å². The predicted octanol–water partition coefficient (Wildman–Crippen LogP) is 2.96. The van der Waals surface area contributed by atoms with Crippen LogP contribution in [0.3, 0.4) is 0 Å². The molecule has 3 rings (SSSR count). The van der Waals surface area contributed by atoms with E-state index in [9.17, 15) is 9.59 Å². The second-order valence-electron chi connectivity index (χ2n) is 4.85. The van der Waals surface area contributed by atoms with Gasteiger partial charge in [0.25, 0.3) is 5.91 Å². The fourth-order valence-corrected chi connectivity index (χ4v) is 2.73. The maximum absolute atomic E-state index is 12.5. The molecule has 0 saturated carbocycles. The van der Waals surface area contributed by atoms with Crippen LogP contribution in [0.2, 0.25) is 5.02 Å². The Morgan fingerprint density at radius 1 is 1.27 bits per heavy atom. The zero-order valence-corrected chi connectivity index (χ0v) is 12.2. The number of nitrogens with zero attached hydrogens (tertiary/aromatic N) is 1. The first-order valence-corrected chi connectivity index (χ1v) is 6.98. The first-order valence-electron chi connectivity index (χ1n) is 6.60.